The van der Waals surface area contributed by atoms with Crippen molar-refractivity contribution < 1.29 is 29.0 Å². The Kier molecular flexibility index (Phi) is 11.6. The van der Waals surface area contributed by atoms with Crippen LogP contribution in [0.2, 0.25) is 0 Å². The van der Waals surface area contributed by atoms with Gasteiger partial charge in [-0.3, -0.25) is 14.4 Å². The van der Waals surface area contributed by atoms with Gasteiger partial charge < -0.3 is 14.6 Å². The lowest BCUT2D eigenvalue weighted by atomic mass is 9.75. The maximum Gasteiger partial charge on any atom is 0.315 e. The fraction of sp³-hybridized carbons (Fsp3) is 0.667. The molecule has 34 heavy (non-hydrogen) atoms. The molecule has 1 aromatic rings. The minimum absolute atomic E-state index is 0.0257. The van der Waals surface area contributed by atoms with Gasteiger partial charge in [0.25, 0.3) is 0 Å². The van der Waals surface area contributed by atoms with Crippen LogP contribution in [-0.4, -0.2) is 47.7 Å². The first-order valence-electron chi connectivity index (χ1n) is 12.0. The first-order chi connectivity index (χ1) is 15.8. The molecule has 1 unspecified atom stereocenters. The second-order valence-electron chi connectivity index (χ2n) is 10.4. The lowest BCUT2D eigenvalue weighted by Gasteiger charge is -2.30. The minimum atomic E-state index is -1.03. The average molecular weight is 495 g/mol. The van der Waals surface area contributed by atoms with E-state index in [1.807, 2.05) is 38.1 Å². The molecule has 1 atom stereocenters. The van der Waals surface area contributed by atoms with Crippen molar-refractivity contribution in [1.82, 2.24) is 0 Å². The van der Waals surface area contributed by atoms with Gasteiger partial charge >= 0.3 is 17.9 Å². The Hall–Kier alpha value is -2.02. The molecular formula is C27H42O6S. The Morgan fingerprint density at radius 1 is 0.971 bits per heavy atom. The molecule has 0 saturated heterocycles. The highest BCUT2D eigenvalue weighted by atomic mass is 32.2. The van der Waals surface area contributed by atoms with Gasteiger partial charge in [0.05, 0.1) is 29.8 Å². The predicted octanol–water partition coefficient (Wildman–Crippen LogP) is 5.65. The average Bonchev–Trinajstić information content (AvgIpc) is 2.73. The normalized spacial score (nSPS) is 13.7. The molecule has 6 nitrogen and oxygen atoms in total. The van der Waals surface area contributed by atoms with Crippen LogP contribution < -0.4 is 0 Å². The number of carboxylic acid groups (broad SMARTS) is 1. The van der Waals surface area contributed by atoms with E-state index < -0.39 is 16.8 Å². The van der Waals surface area contributed by atoms with E-state index in [0.717, 1.165) is 29.7 Å². The summed E-state index contributed by atoms with van der Waals surface area (Å²) in [5.74, 6) is -0.186. The van der Waals surface area contributed by atoms with Crippen LogP contribution in [-0.2, 0) is 35.7 Å². The molecule has 7 heteroatoms. The van der Waals surface area contributed by atoms with Gasteiger partial charge in [-0.25, -0.2) is 0 Å². The summed E-state index contributed by atoms with van der Waals surface area (Å²) in [4.78, 5) is 36.2. The van der Waals surface area contributed by atoms with E-state index in [1.165, 1.54) is 0 Å². The van der Waals surface area contributed by atoms with Gasteiger partial charge in [0.1, 0.15) is 0 Å². The molecule has 0 aromatic heterocycles. The summed E-state index contributed by atoms with van der Waals surface area (Å²) in [5, 5.41) is 10.1. The smallest absolute Gasteiger partial charge is 0.315 e. The largest absolute Gasteiger partial charge is 0.481 e. The molecule has 0 heterocycles. The van der Waals surface area contributed by atoms with Gasteiger partial charge in [-0.15, -0.1) is 11.8 Å². The molecule has 0 aliphatic carbocycles. The van der Waals surface area contributed by atoms with Crippen LogP contribution in [0.4, 0.5) is 0 Å². The molecule has 0 radical (unpaired) electrons. The van der Waals surface area contributed by atoms with Crippen LogP contribution in [0.3, 0.4) is 0 Å². The van der Waals surface area contributed by atoms with Crippen molar-refractivity contribution in [2.75, 3.05) is 24.7 Å². The zero-order valence-corrected chi connectivity index (χ0v) is 22.7. The molecule has 1 N–H and O–H groups in total. The Morgan fingerprint density at radius 3 is 2.21 bits per heavy atom. The number of hydrogen-bond donors (Lipinski definition) is 1. The lowest BCUT2D eigenvalue weighted by Crippen LogP contribution is -2.33. The van der Waals surface area contributed by atoms with Gasteiger partial charge in [0.2, 0.25) is 0 Å². The van der Waals surface area contributed by atoms with Gasteiger partial charge in [-0.05, 0) is 76.2 Å². The maximum atomic E-state index is 12.3. The van der Waals surface area contributed by atoms with Crippen LogP contribution >= 0.6 is 11.8 Å². The molecule has 0 amide bonds. The number of esters is 2. The van der Waals surface area contributed by atoms with E-state index in [1.54, 1.807) is 32.5 Å². The van der Waals surface area contributed by atoms with Crippen LogP contribution in [0.25, 0.3) is 0 Å². The molecule has 1 aromatic carbocycles. The van der Waals surface area contributed by atoms with Gasteiger partial charge in [0.15, 0.2) is 0 Å². The number of benzene rings is 1. The highest BCUT2D eigenvalue weighted by Gasteiger charge is 2.36. The molecule has 0 aliphatic rings. The summed E-state index contributed by atoms with van der Waals surface area (Å²) in [6.07, 6.45) is 2.56. The summed E-state index contributed by atoms with van der Waals surface area (Å²) < 4.78 is 10.2. The third kappa shape index (κ3) is 9.32. The van der Waals surface area contributed by atoms with Crippen molar-refractivity contribution >= 4 is 29.7 Å². The van der Waals surface area contributed by atoms with Crippen LogP contribution in [0, 0.1) is 10.8 Å². The molecule has 0 fully saturated rings. The summed E-state index contributed by atoms with van der Waals surface area (Å²) in [7, 11) is 0. The monoisotopic (exact) mass is 494 g/mol. The van der Waals surface area contributed by atoms with Crippen molar-refractivity contribution in [1.29, 1.82) is 0 Å². The number of thioether (sulfide) groups is 1. The highest BCUT2D eigenvalue weighted by Crippen LogP contribution is 2.35. The molecule has 0 bridgehead atoms. The second-order valence-corrected chi connectivity index (χ2v) is 11.4. The summed E-state index contributed by atoms with van der Waals surface area (Å²) in [6.45, 7) is 14.0. The van der Waals surface area contributed by atoms with E-state index in [0.29, 0.717) is 31.8 Å². The van der Waals surface area contributed by atoms with Crippen LogP contribution in [0.15, 0.2) is 24.3 Å². The van der Waals surface area contributed by atoms with Gasteiger partial charge in [-0.1, -0.05) is 44.5 Å². The molecular weight excluding hydrogens is 452 g/mol. The number of carbonyl (C=O) groups excluding carboxylic acids is 2. The van der Waals surface area contributed by atoms with E-state index in [-0.39, 0.29) is 17.4 Å². The maximum absolute atomic E-state index is 12.3. The van der Waals surface area contributed by atoms with Crippen LogP contribution in [0.5, 0.6) is 0 Å². The number of carboxylic acids is 1. The SMILES string of the molecule is CCOC(=O)CSCC(C)(C)CCCC(C)(C(=O)O)c1cccc(CC(C)(C)C(=O)OCC)c1. The Balaban J connectivity index is 2.85. The highest BCUT2D eigenvalue weighted by molar-refractivity contribution is 7.99. The second kappa shape index (κ2) is 13.2. The zero-order chi connectivity index (χ0) is 26.0. The van der Waals surface area contributed by atoms with Crippen molar-refractivity contribution in [3.8, 4) is 0 Å². The number of hydrogen-bond acceptors (Lipinski definition) is 6. The predicted molar refractivity (Wildman–Crippen MR) is 137 cm³/mol. The number of carbonyl (C=O) groups is 3. The number of ether oxygens (including phenoxy) is 2. The quantitative estimate of drug-likeness (QED) is 0.315. The third-order valence-corrected chi connectivity index (χ3v) is 7.48. The van der Waals surface area contributed by atoms with E-state index >= 15 is 0 Å². The minimum Gasteiger partial charge on any atom is -0.481 e. The zero-order valence-electron chi connectivity index (χ0n) is 21.9. The van der Waals surface area contributed by atoms with Gasteiger partial charge in [-0.2, -0.15) is 0 Å². The fourth-order valence-electron chi connectivity index (χ4n) is 3.91. The lowest BCUT2D eigenvalue weighted by molar-refractivity contribution is -0.153. The standard InChI is InChI=1S/C27H42O6S/c1-8-32-22(28)18-34-19-25(3,4)14-11-15-27(7,23(29)30)21-13-10-12-20(16-21)17-26(5,6)24(31)33-9-2/h10,12-13,16H,8-9,11,14-15,17-19H2,1-7H3,(H,29,30). The van der Waals surface area contributed by atoms with Crippen molar-refractivity contribution in [2.45, 2.75) is 79.6 Å². The van der Waals surface area contributed by atoms with Crippen LogP contribution in [0.1, 0.15) is 78.9 Å². The Labute approximate surface area is 209 Å². The van der Waals surface area contributed by atoms with Crippen molar-refractivity contribution in [3.63, 3.8) is 0 Å². The van der Waals surface area contributed by atoms with Crippen molar-refractivity contribution in [2.24, 2.45) is 10.8 Å². The molecule has 0 spiro atoms. The Morgan fingerprint density at radius 2 is 1.62 bits per heavy atom. The Bertz CT molecular complexity index is 832. The van der Waals surface area contributed by atoms with Gasteiger partial charge in [0, 0.05) is 0 Å². The first kappa shape index (κ1) is 30.0. The number of aliphatic carboxylic acids is 1. The van der Waals surface area contributed by atoms with E-state index in [4.69, 9.17) is 9.47 Å². The third-order valence-electron chi connectivity index (χ3n) is 6.06. The first-order valence-corrected chi connectivity index (χ1v) is 13.2. The molecule has 0 saturated carbocycles. The topological polar surface area (TPSA) is 89.9 Å². The van der Waals surface area contributed by atoms with E-state index in [2.05, 4.69) is 13.8 Å². The summed E-state index contributed by atoms with van der Waals surface area (Å²) in [5.41, 5.74) is -0.0924. The fourth-order valence-corrected chi connectivity index (χ4v) is 4.96. The summed E-state index contributed by atoms with van der Waals surface area (Å²) >= 11 is 1.55. The summed E-state index contributed by atoms with van der Waals surface area (Å²) in [6, 6.07) is 7.56. The van der Waals surface area contributed by atoms with E-state index in [9.17, 15) is 19.5 Å². The number of rotatable bonds is 15. The molecule has 192 valence electrons. The molecule has 1 rings (SSSR count). The van der Waals surface area contributed by atoms with Crippen molar-refractivity contribution in [3.05, 3.63) is 35.4 Å². The molecule has 0 aliphatic heterocycles.